The molecule has 0 aromatic rings. The van der Waals surface area contributed by atoms with Crippen LogP contribution >= 0.6 is 0 Å². The third-order valence-corrected chi connectivity index (χ3v) is 7.75. The van der Waals surface area contributed by atoms with Crippen LogP contribution in [-0.2, 0) is 28.4 Å². The van der Waals surface area contributed by atoms with E-state index in [1.54, 1.807) is 41.5 Å². The van der Waals surface area contributed by atoms with E-state index in [-0.39, 0.29) is 13.0 Å². The van der Waals surface area contributed by atoms with Crippen molar-refractivity contribution in [2.75, 3.05) is 13.2 Å². The molecule has 13 N–H and O–H groups in total. The molecule has 1 aliphatic carbocycles. The van der Waals surface area contributed by atoms with Crippen molar-refractivity contribution < 1.29 is 73.8 Å². The summed E-state index contributed by atoms with van der Waals surface area (Å²) in [5, 5.41) is 78.9. The van der Waals surface area contributed by atoms with Gasteiger partial charge in [0.1, 0.15) is 72.2 Å². The van der Waals surface area contributed by atoms with Crippen molar-refractivity contribution in [3.8, 4) is 0 Å². The van der Waals surface area contributed by atoms with Gasteiger partial charge in [0.2, 0.25) is 0 Å². The van der Waals surface area contributed by atoms with Crippen molar-refractivity contribution in [1.82, 2.24) is 10.6 Å². The first-order valence-corrected chi connectivity index (χ1v) is 15.4. The average molecular weight is 685 g/mol. The molecule has 19 nitrogen and oxygen atoms in total. The van der Waals surface area contributed by atoms with Gasteiger partial charge < -0.3 is 86.3 Å². The van der Waals surface area contributed by atoms with E-state index in [0.717, 1.165) is 0 Å². The van der Waals surface area contributed by atoms with Crippen molar-refractivity contribution in [1.29, 1.82) is 0 Å². The second kappa shape index (κ2) is 15.7. The van der Waals surface area contributed by atoms with Crippen molar-refractivity contribution >= 4 is 12.2 Å². The summed E-state index contributed by atoms with van der Waals surface area (Å²) in [6, 6.07) is -3.45. The van der Waals surface area contributed by atoms with Crippen molar-refractivity contribution in [2.45, 2.75) is 151 Å². The number of hydrogen-bond donors (Lipinski definition) is 11. The molecule has 2 aliphatic heterocycles. The number of aliphatic hydroxyl groups excluding tert-OH is 7. The van der Waals surface area contributed by atoms with E-state index in [2.05, 4.69) is 10.6 Å². The predicted molar refractivity (Wildman–Crippen MR) is 158 cm³/mol. The first-order valence-electron chi connectivity index (χ1n) is 15.4. The Labute approximate surface area is 272 Å². The van der Waals surface area contributed by atoms with Gasteiger partial charge in [-0.05, 0) is 48.0 Å². The van der Waals surface area contributed by atoms with Crippen LogP contribution in [0.3, 0.4) is 0 Å². The van der Waals surface area contributed by atoms with Gasteiger partial charge in [0.05, 0.1) is 18.7 Å². The molecule has 2 amide bonds. The number of rotatable bonds is 8. The zero-order valence-corrected chi connectivity index (χ0v) is 27.3. The number of nitrogens with one attached hydrogen (secondary N) is 2. The zero-order valence-electron chi connectivity index (χ0n) is 27.3. The molecule has 2 saturated heterocycles. The lowest BCUT2D eigenvalue weighted by Gasteiger charge is -2.48. The Bertz CT molecular complexity index is 1040. The third-order valence-electron chi connectivity index (χ3n) is 7.75. The molecule has 0 spiro atoms. The Morgan fingerprint density at radius 3 is 1.83 bits per heavy atom. The second-order valence-corrected chi connectivity index (χ2v) is 14.0. The molecular formula is C28H52N4O15. The summed E-state index contributed by atoms with van der Waals surface area (Å²) in [5.74, 6) is 0. The standard InChI is InChI=1S/C28H52N4O15/c1-27(2,3)46-25(40)31-8-12-16(35)18(37)19(38)24(42-12)45-22-11(32-26(41)47-28(4,5)6)7-10(29)21(20(22)39)44-23-17(36)14(30)15(34)13(9-33)43-23/h10-24,33-39H,7-9,29-30H2,1-6H3,(H,31,40)(H,32,41)/t10-,11?,12?,13?,14-,15-,16-,17?,18?,19+,20?,21-,22-,23-,24-/m1/s1. The highest BCUT2D eigenvalue weighted by atomic mass is 16.7. The molecule has 0 bridgehead atoms. The number of alkyl carbamates (subject to hydrolysis) is 2. The molecule has 0 aromatic carbocycles. The molecule has 2 heterocycles. The molecule has 3 aliphatic rings. The zero-order chi connectivity index (χ0) is 35.6. The summed E-state index contributed by atoms with van der Waals surface area (Å²) in [6.07, 6.45) is -20.8. The highest BCUT2D eigenvalue weighted by molar-refractivity contribution is 5.68. The predicted octanol–water partition coefficient (Wildman–Crippen LogP) is -4.16. The molecule has 1 saturated carbocycles. The van der Waals surface area contributed by atoms with E-state index in [1.165, 1.54) is 0 Å². The topological polar surface area (TPSA) is 307 Å². The maximum atomic E-state index is 12.8. The molecule has 274 valence electrons. The van der Waals surface area contributed by atoms with Crippen LogP contribution in [0.2, 0.25) is 0 Å². The van der Waals surface area contributed by atoms with Crippen LogP contribution in [0.15, 0.2) is 0 Å². The largest absolute Gasteiger partial charge is 0.444 e. The van der Waals surface area contributed by atoms with Gasteiger partial charge in [-0.2, -0.15) is 0 Å². The van der Waals surface area contributed by atoms with Gasteiger partial charge in [-0.1, -0.05) is 0 Å². The summed E-state index contributed by atoms with van der Waals surface area (Å²) in [7, 11) is 0. The van der Waals surface area contributed by atoms with E-state index >= 15 is 0 Å². The quantitative estimate of drug-likeness (QED) is 0.116. The molecule has 15 atom stereocenters. The van der Waals surface area contributed by atoms with Crippen LogP contribution in [0.25, 0.3) is 0 Å². The molecule has 47 heavy (non-hydrogen) atoms. The van der Waals surface area contributed by atoms with Crippen LogP contribution in [0, 0.1) is 0 Å². The van der Waals surface area contributed by atoms with E-state index in [0.29, 0.717) is 0 Å². The van der Waals surface area contributed by atoms with Gasteiger partial charge in [0.25, 0.3) is 0 Å². The first kappa shape index (κ1) is 39.5. The van der Waals surface area contributed by atoms with Crippen molar-refractivity contribution in [3.63, 3.8) is 0 Å². The van der Waals surface area contributed by atoms with Gasteiger partial charge >= 0.3 is 12.2 Å². The minimum atomic E-state index is -1.87. The lowest BCUT2D eigenvalue weighted by Crippen LogP contribution is -2.69. The van der Waals surface area contributed by atoms with Gasteiger partial charge in [0, 0.05) is 12.6 Å². The van der Waals surface area contributed by atoms with Crippen LogP contribution in [0.1, 0.15) is 48.0 Å². The van der Waals surface area contributed by atoms with E-state index in [9.17, 15) is 45.3 Å². The van der Waals surface area contributed by atoms with Crippen molar-refractivity contribution in [3.05, 3.63) is 0 Å². The Morgan fingerprint density at radius 2 is 1.26 bits per heavy atom. The van der Waals surface area contributed by atoms with Crippen LogP contribution in [-0.4, -0.2) is 164 Å². The fourth-order valence-corrected chi connectivity index (χ4v) is 5.43. The number of carbonyl (C=O) groups excluding carboxylic acids is 2. The molecule has 3 rings (SSSR count). The summed E-state index contributed by atoms with van der Waals surface area (Å²) < 4.78 is 33.5. The smallest absolute Gasteiger partial charge is 0.407 e. The monoisotopic (exact) mass is 684 g/mol. The maximum absolute atomic E-state index is 12.8. The van der Waals surface area contributed by atoms with Crippen LogP contribution in [0.4, 0.5) is 9.59 Å². The Morgan fingerprint density at radius 1 is 0.723 bits per heavy atom. The number of aliphatic hydroxyl groups is 7. The Balaban J connectivity index is 1.84. The van der Waals surface area contributed by atoms with E-state index < -0.39 is 122 Å². The Kier molecular flexibility index (Phi) is 13.2. The number of amides is 2. The average Bonchev–Trinajstić information content (AvgIpc) is 2.94. The van der Waals surface area contributed by atoms with E-state index in [4.69, 9.17) is 39.9 Å². The summed E-state index contributed by atoms with van der Waals surface area (Å²) in [5.41, 5.74) is 10.5. The number of nitrogens with two attached hydrogens (primary N) is 2. The minimum absolute atomic E-state index is 0.135. The molecule has 3 fully saturated rings. The normalized spacial score (nSPS) is 41.6. The highest BCUT2D eigenvalue weighted by Crippen LogP contribution is 2.32. The minimum Gasteiger partial charge on any atom is -0.444 e. The summed E-state index contributed by atoms with van der Waals surface area (Å²) in [4.78, 5) is 24.9. The van der Waals surface area contributed by atoms with Crippen molar-refractivity contribution in [2.24, 2.45) is 11.5 Å². The maximum Gasteiger partial charge on any atom is 0.407 e. The second-order valence-electron chi connectivity index (χ2n) is 14.0. The lowest BCUT2D eigenvalue weighted by molar-refractivity contribution is -0.333. The van der Waals surface area contributed by atoms with E-state index in [1.807, 2.05) is 0 Å². The highest BCUT2D eigenvalue weighted by Gasteiger charge is 2.53. The number of carbonyl (C=O) groups is 2. The van der Waals surface area contributed by atoms with Crippen LogP contribution in [0.5, 0.6) is 0 Å². The van der Waals surface area contributed by atoms with Gasteiger partial charge in [-0.25, -0.2) is 9.59 Å². The molecule has 6 unspecified atom stereocenters. The SMILES string of the molecule is CC(C)(C)OC(=O)NCC1O[C@H](O[C@@H]2C(NC(=O)OC(C)(C)C)C[C@@H](N)[C@@H](O[C@H]3OC(CO)[C@@H](O)[C@@H](N)C3O)C2O)[C@@H](O)C(O)[C@@H]1O. The van der Waals surface area contributed by atoms with Gasteiger partial charge in [-0.15, -0.1) is 0 Å². The summed E-state index contributed by atoms with van der Waals surface area (Å²) >= 11 is 0. The fourth-order valence-electron chi connectivity index (χ4n) is 5.43. The Hall–Kier alpha value is -1.98. The summed E-state index contributed by atoms with van der Waals surface area (Å²) in [6.45, 7) is 8.79. The van der Waals surface area contributed by atoms with Crippen LogP contribution < -0.4 is 22.1 Å². The molecular weight excluding hydrogens is 632 g/mol. The van der Waals surface area contributed by atoms with Gasteiger partial charge in [-0.3, -0.25) is 0 Å². The first-order chi connectivity index (χ1) is 21.6. The van der Waals surface area contributed by atoms with Gasteiger partial charge in [0.15, 0.2) is 12.6 Å². The third kappa shape index (κ3) is 10.3. The number of hydrogen-bond acceptors (Lipinski definition) is 17. The fraction of sp³-hybridized carbons (Fsp3) is 0.929. The number of ether oxygens (including phenoxy) is 6. The molecule has 0 radical (unpaired) electrons. The molecule has 19 heteroatoms. The molecule has 0 aromatic heterocycles. The lowest BCUT2D eigenvalue weighted by atomic mass is 9.83.